The molecule has 0 saturated heterocycles. The Morgan fingerprint density at radius 2 is 1.61 bits per heavy atom. The first-order valence-corrected chi connectivity index (χ1v) is 9.35. The van der Waals surface area contributed by atoms with E-state index in [0.717, 1.165) is 11.1 Å². The molecule has 0 fully saturated rings. The summed E-state index contributed by atoms with van der Waals surface area (Å²) in [5.41, 5.74) is 2.37. The molecule has 1 aliphatic heterocycles. The quantitative estimate of drug-likeness (QED) is 0.759. The van der Waals surface area contributed by atoms with Gasteiger partial charge >= 0.3 is 0 Å². The van der Waals surface area contributed by atoms with Crippen molar-refractivity contribution in [2.24, 2.45) is 0 Å². The molecule has 6 nitrogen and oxygen atoms in total. The summed E-state index contributed by atoms with van der Waals surface area (Å²) in [5, 5.41) is 3.42. The molecule has 0 aromatic heterocycles. The Hall–Kier alpha value is -2.60. The third-order valence-electron chi connectivity index (χ3n) is 4.59. The van der Waals surface area contributed by atoms with Gasteiger partial charge in [0.05, 0.1) is 27.4 Å². The highest BCUT2D eigenvalue weighted by Gasteiger charge is 2.32. The van der Waals surface area contributed by atoms with Gasteiger partial charge in [0.25, 0.3) is 0 Å². The maximum Gasteiger partial charge on any atom is 0.225 e. The lowest BCUT2D eigenvalue weighted by Gasteiger charge is -2.29. The molecule has 0 aliphatic carbocycles. The van der Waals surface area contributed by atoms with Gasteiger partial charge in [-0.25, -0.2) is 0 Å². The Balaban J connectivity index is 2.22. The molecule has 1 aliphatic rings. The van der Waals surface area contributed by atoms with Gasteiger partial charge < -0.3 is 24.3 Å². The van der Waals surface area contributed by atoms with Crippen molar-refractivity contribution in [2.45, 2.75) is 32.3 Å². The van der Waals surface area contributed by atoms with Crippen LogP contribution in [0.4, 0.5) is 5.69 Å². The van der Waals surface area contributed by atoms with Crippen LogP contribution in [0.3, 0.4) is 0 Å². The molecule has 1 N–H and O–H groups in total. The molecule has 3 rings (SSSR count). The molecule has 2 aromatic rings. The first-order chi connectivity index (χ1) is 13.4. The zero-order chi connectivity index (χ0) is 20.4. The Morgan fingerprint density at radius 3 is 2.21 bits per heavy atom. The van der Waals surface area contributed by atoms with Gasteiger partial charge in [-0.2, -0.15) is 0 Å². The average molecular weight is 406 g/mol. The summed E-state index contributed by atoms with van der Waals surface area (Å²) in [6.07, 6.45) is 0.177. The highest BCUT2D eigenvalue weighted by molar-refractivity contribution is 6.30. The number of hydrogen-bond acceptors (Lipinski definition) is 5. The van der Waals surface area contributed by atoms with E-state index in [4.69, 9.17) is 30.5 Å². The SMILES string of the molecule is COc1cc2c(cc1OC)C(c1cc(Cl)cc(OC)c1OC(C)C)CC(=O)N2. The Labute approximate surface area is 169 Å². The van der Waals surface area contributed by atoms with E-state index >= 15 is 0 Å². The molecule has 1 atom stereocenters. The molecular formula is C21H24ClNO5. The highest BCUT2D eigenvalue weighted by atomic mass is 35.5. The van der Waals surface area contributed by atoms with Gasteiger partial charge in [-0.1, -0.05) is 11.6 Å². The van der Waals surface area contributed by atoms with E-state index in [2.05, 4.69) is 5.32 Å². The number of fused-ring (bicyclic) bond motifs is 1. The van der Waals surface area contributed by atoms with Crippen LogP contribution in [0, 0.1) is 0 Å². The number of amides is 1. The number of anilines is 1. The fourth-order valence-corrected chi connectivity index (χ4v) is 3.64. The fourth-order valence-electron chi connectivity index (χ4n) is 3.43. The summed E-state index contributed by atoms with van der Waals surface area (Å²) >= 11 is 6.35. The number of carbonyl (C=O) groups excluding carboxylic acids is 1. The predicted molar refractivity (Wildman–Crippen MR) is 108 cm³/mol. The second-order valence-electron chi connectivity index (χ2n) is 6.79. The van der Waals surface area contributed by atoms with Crippen molar-refractivity contribution >= 4 is 23.2 Å². The van der Waals surface area contributed by atoms with Crippen LogP contribution in [-0.4, -0.2) is 33.3 Å². The second kappa shape index (κ2) is 8.19. The van der Waals surface area contributed by atoms with Gasteiger partial charge in [-0.05, 0) is 31.5 Å². The number of methoxy groups -OCH3 is 3. The minimum Gasteiger partial charge on any atom is -0.493 e. The summed E-state index contributed by atoms with van der Waals surface area (Å²) in [5.74, 6) is 1.88. The molecule has 0 saturated carbocycles. The molecular weight excluding hydrogens is 382 g/mol. The van der Waals surface area contributed by atoms with Crippen molar-refractivity contribution < 1.29 is 23.7 Å². The largest absolute Gasteiger partial charge is 0.493 e. The number of nitrogens with one attached hydrogen (secondary N) is 1. The smallest absolute Gasteiger partial charge is 0.225 e. The van der Waals surface area contributed by atoms with Crippen LogP contribution in [0.25, 0.3) is 0 Å². The molecule has 2 aromatic carbocycles. The zero-order valence-electron chi connectivity index (χ0n) is 16.6. The van der Waals surface area contributed by atoms with E-state index in [0.29, 0.717) is 33.7 Å². The minimum atomic E-state index is -0.273. The van der Waals surface area contributed by atoms with Crippen LogP contribution in [0.15, 0.2) is 24.3 Å². The van der Waals surface area contributed by atoms with Crippen molar-refractivity contribution in [2.75, 3.05) is 26.6 Å². The van der Waals surface area contributed by atoms with Crippen molar-refractivity contribution in [3.8, 4) is 23.0 Å². The average Bonchev–Trinajstić information content (AvgIpc) is 2.66. The molecule has 1 unspecified atom stereocenters. The predicted octanol–water partition coefficient (Wildman–Crippen LogP) is 4.63. The normalized spacial score (nSPS) is 15.7. The Bertz CT molecular complexity index is 897. The van der Waals surface area contributed by atoms with Crippen molar-refractivity contribution in [1.29, 1.82) is 0 Å². The van der Waals surface area contributed by atoms with Crippen LogP contribution in [-0.2, 0) is 4.79 Å². The first-order valence-electron chi connectivity index (χ1n) is 8.97. The minimum absolute atomic E-state index is 0.0730. The van der Waals surface area contributed by atoms with Gasteiger partial charge in [0.1, 0.15) is 0 Å². The van der Waals surface area contributed by atoms with Gasteiger partial charge in [-0.3, -0.25) is 4.79 Å². The Morgan fingerprint density at radius 1 is 0.964 bits per heavy atom. The van der Waals surface area contributed by atoms with Gasteiger partial charge in [-0.15, -0.1) is 0 Å². The number of halogens is 1. The summed E-state index contributed by atoms with van der Waals surface area (Å²) < 4.78 is 22.4. The van der Waals surface area contributed by atoms with E-state index in [9.17, 15) is 4.79 Å². The topological polar surface area (TPSA) is 66.0 Å². The third kappa shape index (κ3) is 3.83. The zero-order valence-corrected chi connectivity index (χ0v) is 17.3. The fraction of sp³-hybridized carbons (Fsp3) is 0.381. The number of hydrogen-bond donors (Lipinski definition) is 1. The monoisotopic (exact) mass is 405 g/mol. The third-order valence-corrected chi connectivity index (χ3v) is 4.81. The summed E-state index contributed by atoms with van der Waals surface area (Å²) in [6, 6.07) is 7.18. The van der Waals surface area contributed by atoms with Crippen LogP contribution in [0.2, 0.25) is 5.02 Å². The lowest BCUT2D eigenvalue weighted by molar-refractivity contribution is -0.116. The number of carbonyl (C=O) groups is 1. The molecule has 0 bridgehead atoms. The van der Waals surface area contributed by atoms with E-state index in [1.165, 1.54) is 0 Å². The number of rotatable bonds is 6. The van der Waals surface area contributed by atoms with E-state index in [1.54, 1.807) is 33.5 Å². The number of benzene rings is 2. The van der Waals surface area contributed by atoms with Gasteiger partial charge in [0, 0.05) is 40.7 Å². The lowest BCUT2D eigenvalue weighted by Crippen LogP contribution is -2.24. The highest BCUT2D eigenvalue weighted by Crippen LogP contribution is 2.48. The first kappa shape index (κ1) is 20.1. The van der Waals surface area contributed by atoms with Crippen molar-refractivity contribution in [1.82, 2.24) is 0 Å². The molecule has 1 amide bonds. The molecule has 7 heteroatoms. The second-order valence-corrected chi connectivity index (χ2v) is 7.23. The lowest BCUT2D eigenvalue weighted by atomic mass is 9.84. The van der Waals surface area contributed by atoms with E-state index < -0.39 is 0 Å². The van der Waals surface area contributed by atoms with Crippen LogP contribution in [0.1, 0.15) is 37.3 Å². The molecule has 1 heterocycles. The van der Waals surface area contributed by atoms with Crippen molar-refractivity contribution in [3.05, 3.63) is 40.4 Å². The summed E-state index contributed by atoms with van der Waals surface area (Å²) in [7, 11) is 4.71. The molecule has 0 radical (unpaired) electrons. The molecule has 28 heavy (non-hydrogen) atoms. The summed E-state index contributed by atoms with van der Waals surface area (Å²) in [4.78, 5) is 12.4. The van der Waals surface area contributed by atoms with Gasteiger partial charge in [0.2, 0.25) is 5.91 Å². The van der Waals surface area contributed by atoms with E-state index in [1.807, 2.05) is 26.0 Å². The van der Waals surface area contributed by atoms with E-state index in [-0.39, 0.29) is 24.3 Å². The summed E-state index contributed by atoms with van der Waals surface area (Å²) in [6.45, 7) is 3.88. The maximum atomic E-state index is 12.4. The van der Waals surface area contributed by atoms with Gasteiger partial charge in [0.15, 0.2) is 23.0 Å². The maximum absolute atomic E-state index is 12.4. The van der Waals surface area contributed by atoms with Crippen LogP contribution >= 0.6 is 11.6 Å². The van der Waals surface area contributed by atoms with Crippen LogP contribution in [0.5, 0.6) is 23.0 Å². The molecule has 150 valence electrons. The molecule has 0 spiro atoms. The van der Waals surface area contributed by atoms with Crippen molar-refractivity contribution in [3.63, 3.8) is 0 Å². The Kier molecular flexibility index (Phi) is 5.89. The van der Waals surface area contributed by atoms with Crippen LogP contribution < -0.4 is 24.3 Å². The standard InChI is InChI=1S/C21H24ClNO5/c1-11(2)28-21-15(6-12(22)7-19(21)27-5)13-9-20(24)23-16-10-18(26-4)17(25-3)8-14(13)16/h6-8,10-11,13H,9H2,1-5H3,(H,23,24). The number of ether oxygens (including phenoxy) is 4.